The van der Waals surface area contributed by atoms with Crippen LogP contribution in [0.4, 0.5) is 0 Å². The van der Waals surface area contributed by atoms with Gasteiger partial charge in [0.25, 0.3) is 0 Å². The van der Waals surface area contributed by atoms with Crippen molar-refractivity contribution in [3.63, 3.8) is 0 Å². The fourth-order valence-electron chi connectivity index (χ4n) is 1.96. The fraction of sp³-hybridized carbons (Fsp3) is 0.235. The first kappa shape index (κ1) is 14.9. The minimum atomic E-state index is -0.248. The van der Waals surface area contributed by atoms with Crippen LogP contribution in [0.3, 0.4) is 0 Å². The molecule has 2 N–H and O–H groups in total. The number of nitriles is 1. The molecule has 0 amide bonds. The molecule has 0 aromatic heterocycles. The summed E-state index contributed by atoms with van der Waals surface area (Å²) in [5, 5.41) is 8.64. The number of methoxy groups -OCH3 is 1. The second-order valence-corrected chi connectivity index (χ2v) is 4.68. The summed E-state index contributed by atoms with van der Waals surface area (Å²) >= 11 is 0. The Morgan fingerprint density at radius 2 is 1.90 bits per heavy atom. The predicted octanol–water partition coefficient (Wildman–Crippen LogP) is 3.19. The lowest BCUT2D eigenvalue weighted by atomic mass is 10.1. The lowest BCUT2D eigenvalue weighted by Crippen LogP contribution is -2.08. The van der Waals surface area contributed by atoms with E-state index in [1.54, 1.807) is 7.11 Å². The SMILES string of the molecule is COc1cccc(COc2ccc(C(N)CC#N)cc2)c1. The highest BCUT2D eigenvalue weighted by Crippen LogP contribution is 2.20. The van der Waals surface area contributed by atoms with Crippen molar-refractivity contribution in [1.29, 1.82) is 5.26 Å². The van der Waals surface area contributed by atoms with E-state index >= 15 is 0 Å². The number of nitrogens with two attached hydrogens (primary N) is 1. The molecule has 0 aliphatic rings. The molecule has 2 rings (SSSR count). The van der Waals surface area contributed by atoms with E-state index in [2.05, 4.69) is 6.07 Å². The van der Waals surface area contributed by atoms with Gasteiger partial charge in [0.05, 0.1) is 19.6 Å². The summed E-state index contributed by atoms with van der Waals surface area (Å²) in [5.41, 5.74) is 7.85. The molecule has 4 nitrogen and oxygen atoms in total. The van der Waals surface area contributed by atoms with Crippen LogP contribution in [0.2, 0.25) is 0 Å². The molecule has 1 atom stereocenters. The van der Waals surface area contributed by atoms with Crippen molar-refractivity contribution in [2.24, 2.45) is 5.73 Å². The highest BCUT2D eigenvalue weighted by molar-refractivity contribution is 5.31. The summed E-state index contributed by atoms with van der Waals surface area (Å²) in [6.07, 6.45) is 0.310. The molecule has 0 heterocycles. The molecule has 0 bridgehead atoms. The third-order valence-corrected chi connectivity index (χ3v) is 3.16. The third kappa shape index (κ3) is 4.23. The van der Waals surface area contributed by atoms with Gasteiger partial charge in [0.1, 0.15) is 18.1 Å². The molecule has 21 heavy (non-hydrogen) atoms. The van der Waals surface area contributed by atoms with Gasteiger partial charge in [0.15, 0.2) is 0 Å². The smallest absolute Gasteiger partial charge is 0.119 e. The van der Waals surface area contributed by atoms with Crippen LogP contribution in [0, 0.1) is 11.3 Å². The number of nitrogens with zero attached hydrogens (tertiary/aromatic N) is 1. The Bertz CT molecular complexity index is 617. The maximum Gasteiger partial charge on any atom is 0.119 e. The second kappa shape index (κ2) is 7.32. The maximum absolute atomic E-state index is 8.64. The largest absolute Gasteiger partial charge is 0.497 e. The zero-order valence-corrected chi connectivity index (χ0v) is 12.0. The molecule has 0 radical (unpaired) electrons. The lowest BCUT2D eigenvalue weighted by Gasteiger charge is -2.10. The van der Waals surface area contributed by atoms with Gasteiger partial charge in [-0.05, 0) is 35.4 Å². The van der Waals surface area contributed by atoms with Crippen LogP contribution in [-0.4, -0.2) is 7.11 Å². The first-order chi connectivity index (χ1) is 10.2. The first-order valence-electron chi connectivity index (χ1n) is 6.71. The van der Waals surface area contributed by atoms with E-state index in [1.165, 1.54) is 0 Å². The maximum atomic E-state index is 8.64. The van der Waals surface area contributed by atoms with Gasteiger partial charge in [-0.15, -0.1) is 0 Å². The van der Waals surface area contributed by atoms with E-state index in [4.69, 9.17) is 20.5 Å². The molecule has 0 aliphatic carbocycles. The van der Waals surface area contributed by atoms with Crippen LogP contribution >= 0.6 is 0 Å². The molecule has 0 aliphatic heterocycles. The van der Waals surface area contributed by atoms with E-state index in [0.717, 1.165) is 22.6 Å². The normalized spacial score (nSPS) is 11.5. The molecule has 0 saturated heterocycles. The molecule has 2 aromatic carbocycles. The van der Waals surface area contributed by atoms with Crippen LogP contribution in [0.15, 0.2) is 48.5 Å². The van der Waals surface area contributed by atoms with E-state index in [9.17, 15) is 0 Å². The van der Waals surface area contributed by atoms with Crippen LogP contribution in [-0.2, 0) is 6.61 Å². The second-order valence-electron chi connectivity index (χ2n) is 4.68. The molecule has 0 saturated carbocycles. The van der Waals surface area contributed by atoms with Gasteiger partial charge in [-0.3, -0.25) is 0 Å². The average Bonchev–Trinajstić information content (AvgIpc) is 2.54. The van der Waals surface area contributed by atoms with Crippen LogP contribution in [0.1, 0.15) is 23.6 Å². The molecular formula is C17H18N2O2. The Morgan fingerprint density at radius 1 is 1.14 bits per heavy atom. The van der Waals surface area contributed by atoms with Gasteiger partial charge >= 0.3 is 0 Å². The Labute approximate surface area is 124 Å². The summed E-state index contributed by atoms with van der Waals surface area (Å²) in [6, 6.07) is 17.1. The van der Waals surface area contributed by atoms with E-state index < -0.39 is 0 Å². The van der Waals surface area contributed by atoms with Crippen LogP contribution in [0.5, 0.6) is 11.5 Å². The van der Waals surface area contributed by atoms with Crippen LogP contribution < -0.4 is 15.2 Å². The third-order valence-electron chi connectivity index (χ3n) is 3.16. The van der Waals surface area contributed by atoms with Crippen molar-refractivity contribution in [2.75, 3.05) is 7.11 Å². The van der Waals surface area contributed by atoms with Gasteiger partial charge in [0, 0.05) is 6.04 Å². The zero-order valence-electron chi connectivity index (χ0n) is 12.0. The Kier molecular flexibility index (Phi) is 5.19. The number of rotatable bonds is 6. The number of ether oxygens (including phenoxy) is 2. The summed E-state index contributed by atoms with van der Waals surface area (Å²) < 4.78 is 10.9. The Morgan fingerprint density at radius 3 is 2.57 bits per heavy atom. The van der Waals surface area contributed by atoms with Crippen molar-refractivity contribution >= 4 is 0 Å². The summed E-state index contributed by atoms with van der Waals surface area (Å²) in [6.45, 7) is 0.473. The molecule has 0 spiro atoms. The number of hydrogen-bond donors (Lipinski definition) is 1. The minimum absolute atomic E-state index is 0.248. The summed E-state index contributed by atoms with van der Waals surface area (Å²) in [7, 11) is 1.64. The van der Waals surface area contributed by atoms with Crippen LogP contribution in [0.25, 0.3) is 0 Å². The predicted molar refractivity (Wildman–Crippen MR) is 80.9 cm³/mol. The molecule has 1 unspecified atom stereocenters. The lowest BCUT2D eigenvalue weighted by molar-refractivity contribution is 0.305. The fourth-order valence-corrected chi connectivity index (χ4v) is 1.96. The molecular weight excluding hydrogens is 264 g/mol. The quantitative estimate of drug-likeness (QED) is 0.883. The topological polar surface area (TPSA) is 68.3 Å². The molecule has 2 aromatic rings. The van der Waals surface area contributed by atoms with Crippen molar-refractivity contribution in [3.05, 3.63) is 59.7 Å². The Hall–Kier alpha value is -2.51. The molecule has 0 fully saturated rings. The highest BCUT2D eigenvalue weighted by Gasteiger charge is 2.05. The monoisotopic (exact) mass is 282 g/mol. The van der Waals surface area contributed by atoms with Crippen molar-refractivity contribution in [1.82, 2.24) is 0 Å². The van der Waals surface area contributed by atoms with Gasteiger partial charge in [0.2, 0.25) is 0 Å². The molecule has 4 heteroatoms. The summed E-state index contributed by atoms with van der Waals surface area (Å²) in [5.74, 6) is 1.58. The van der Waals surface area contributed by atoms with Gasteiger partial charge in [-0.1, -0.05) is 24.3 Å². The average molecular weight is 282 g/mol. The first-order valence-corrected chi connectivity index (χ1v) is 6.71. The minimum Gasteiger partial charge on any atom is -0.497 e. The zero-order chi connectivity index (χ0) is 15.1. The number of hydrogen-bond acceptors (Lipinski definition) is 4. The number of benzene rings is 2. The van der Waals surface area contributed by atoms with Crippen molar-refractivity contribution in [2.45, 2.75) is 19.1 Å². The Balaban J connectivity index is 1.96. The van der Waals surface area contributed by atoms with Crippen molar-refractivity contribution < 1.29 is 9.47 Å². The van der Waals surface area contributed by atoms with Gasteiger partial charge in [-0.2, -0.15) is 5.26 Å². The highest BCUT2D eigenvalue weighted by atomic mass is 16.5. The van der Waals surface area contributed by atoms with Gasteiger partial charge in [-0.25, -0.2) is 0 Å². The van der Waals surface area contributed by atoms with E-state index in [0.29, 0.717) is 13.0 Å². The standard InChI is InChI=1S/C17H18N2O2/c1-20-16-4-2-3-13(11-16)12-21-15-7-5-14(6-8-15)17(19)9-10-18/h2-8,11,17H,9,12,19H2,1H3. The van der Waals surface area contributed by atoms with E-state index in [-0.39, 0.29) is 6.04 Å². The van der Waals surface area contributed by atoms with E-state index in [1.807, 2.05) is 48.5 Å². The van der Waals surface area contributed by atoms with Crippen molar-refractivity contribution in [3.8, 4) is 17.6 Å². The molecule has 108 valence electrons. The summed E-state index contributed by atoms with van der Waals surface area (Å²) in [4.78, 5) is 0. The van der Waals surface area contributed by atoms with Gasteiger partial charge < -0.3 is 15.2 Å².